The highest BCUT2D eigenvalue weighted by Gasteiger charge is 2.34. The Morgan fingerprint density at radius 2 is 2.00 bits per heavy atom. The van der Waals surface area contributed by atoms with Crippen molar-refractivity contribution in [3.63, 3.8) is 0 Å². The number of nitrogens with two attached hydrogens (primary N) is 1. The minimum Gasteiger partial charge on any atom is -0.504 e. The third-order valence-corrected chi connectivity index (χ3v) is 3.70. The zero-order chi connectivity index (χ0) is 12.6. The highest BCUT2D eigenvalue weighted by molar-refractivity contribution is 5.52. The molecule has 94 valence electrons. The minimum absolute atomic E-state index is 0.104. The average Bonchev–Trinajstić information content (AvgIpc) is 2.72. The summed E-state index contributed by atoms with van der Waals surface area (Å²) in [6, 6.07) is 1.40. The molecule has 3 nitrogen and oxygen atoms in total. The van der Waals surface area contributed by atoms with Crippen molar-refractivity contribution in [2.75, 3.05) is 7.11 Å². The highest BCUT2D eigenvalue weighted by Crippen LogP contribution is 2.43. The van der Waals surface area contributed by atoms with Crippen LogP contribution in [0.3, 0.4) is 0 Å². The van der Waals surface area contributed by atoms with E-state index in [1.807, 2.05) is 0 Å². The molecule has 3 N–H and O–H groups in total. The molecule has 0 bridgehead atoms. The van der Waals surface area contributed by atoms with Crippen molar-refractivity contribution in [1.29, 1.82) is 0 Å². The zero-order valence-corrected chi connectivity index (χ0v) is 10.2. The zero-order valence-electron chi connectivity index (χ0n) is 10.2. The van der Waals surface area contributed by atoms with Gasteiger partial charge in [-0.05, 0) is 37.0 Å². The summed E-state index contributed by atoms with van der Waals surface area (Å²) in [4.78, 5) is 0. The summed E-state index contributed by atoms with van der Waals surface area (Å²) >= 11 is 0. The second kappa shape index (κ2) is 4.18. The van der Waals surface area contributed by atoms with Gasteiger partial charge in [0.15, 0.2) is 17.3 Å². The highest BCUT2D eigenvalue weighted by atomic mass is 19.1. The number of aromatic hydroxyl groups is 1. The lowest BCUT2D eigenvalue weighted by Crippen LogP contribution is -2.34. The van der Waals surface area contributed by atoms with E-state index in [1.165, 1.54) is 13.2 Å². The quantitative estimate of drug-likeness (QED) is 0.834. The maximum Gasteiger partial charge on any atom is 0.196 e. The van der Waals surface area contributed by atoms with Crippen LogP contribution in [0.4, 0.5) is 4.39 Å². The van der Waals surface area contributed by atoms with E-state index in [0.29, 0.717) is 11.1 Å². The fourth-order valence-corrected chi connectivity index (χ4v) is 2.70. The summed E-state index contributed by atoms with van der Waals surface area (Å²) in [6.07, 6.45) is 3.76. The van der Waals surface area contributed by atoms with Gasteiger partial charge in [-0.3, -0.25) is 0 Å². The maximum absolute atomic E-state index is 13.8. The van der Waals surface area contributed by atoms with Crippen LogP contribution in [0.25, 0.3) is 0 Å². The molecule has 0 spiro atoms. The molecule has 0 radical (unpaired) electrons. The van der Waals surface area contributed by atoms with Crippen molar-refractivity contribution in [3.05, 3.63) is 23.0 Å². The second-order valence-corrected chi connectivity index (χ2v) is 4.78. The first-order chi connectivity index (χ1) is 7.99. The summed E-state index contributed by atoms with van der Waals surface area (Å²) in [5.74, 6) is -0.797. The summed E-state index contributed by atoms with van der Waals surface area (Å²) in [7, 11) is 1.34. The van der Waals surface area contributed by atoms with Crippen LogP contribution >= 0.6 is 0 Å². The molecule has 17 heavy (non-hydrogen) atoms. The molecule has 1 aliphatic carbocycles. The van der Waals surface area contributed by atoms with E-state index in [-0.39, 0.29) is 11.5 Å². The van der Waals surface area contributed by atoms with E-state index in [1.54, 1.807) is 6.92 Å². The van der Waals surface area contributed by atoms with Gasteiger partial charge in [0.25, 0.3) is 0 Å². The first kappa shape index (κ1) is 12.2. The Kier molecular flexibility index (Phi) is 3.00. The molecule has 0 unspecified atom stereocenters. The number of benzene rings is 1. The number of phenols is 1. The van der Waals surface area contributed by atoms with Gasteiger partial charge in [-0.1, -0.05) is 12.8 Å². The molecule has 1 aromatic rings. The molecule has 0 atom stereocenters. The number of hydrogen-bond donors (Lipinski definition) is 2. The van der Waals surface area contributed by atoms with Gasteiger partial charge >= 0.3 is 0 Å². The summed E-state index contributed by atoms with van der Waals surface area (Å²) in [6.45, 7) is 1.75. The van der Waals surface area contributed by atoms with E-state index in [0.717, 1.165) is 25.7 Å². The first-order valence-electron chi connectivity index (χ1n) is 5.85. The van der Waals surface area contributed by atoms with Gasteiger partial charge < -0.3 is 15.6 Å². The molecule has 0 amide bonds. The Bertz CT molecular complexity index is 440. The Balaban J connectivity index is 2.56. The molecule has 0 heterocycles. The Hall–Kier alpha value is -1.29. The van der Waals surface area contributed by atoms with Gasteiger partial charge in [0.2, 0.25) is 0 Å². The molecule has 0 aromatic heterocycles. The molecule has 1 aliphatic rings. The van der Waals surface area contributed by atoms with Crippen LogP contribution in [-0.2, 0) is 5.54 Å². The number of rotatable bonds is 2. The van der Waals surface area contributed by atoms with Crippen LogP contribution in [-0.4, -0.2) is 12.2 Å². The standard InChI is InChI=1S/C13H18FNO2/c1-8-9(13(15)5-3-4-6-13)7-10(14)12(17-2)11(8)16/h7,16H,3-6,15H2,1-2H3. The SMILES string of the molecule is COc1c(F)cc(C2(N)CCCC2)c(C)c1O. The van der Waals surface area contributed by atoms with E-state index >= 15 is 0 Å². The summed E-state index contributed by atoms with van der Waals surface area (Å²) in [5, 5.41) is 9.91. The molecule has 1 fully saturated rings. The number of phenolic OH excluding ortho intramolecular Hbond substituents is 1. The van der Waals surface area contributed by atoms with Crippen LogP contribution in [0.5, 0.6) is 11.5 Å². The van der Waals surface area contributed by atoms with Gasteiger partial charge in [-0.2, -0.15) is 0 Å². The predicted octanol–water partition coefficient (Wildman–Crippen LogP) is 2.58. The van der Waals surface area contributed by atoms with Crippen molar-refractivity contribution < 1.29 is 14.2 Å². The van der Waals surface area contributed by atoms with E-state index in [2.05, 4.69) is 0 Å². The molecule has 2 rings (SSSR count). The number of methoxy groups -OCH3 is 1. The minimum atomic E-state index is -0.553. The van der Waals surface area contributed by atoms with Gasteiger partial charge in [-0.25, -0.2) is 4.39 Å². The lowest BCUT2D eigenvalue weighted by molar-refractivity contribution is 0.345. The maximum atomic E-state index is 13.8. The van der Waals surface area contributed by atoms with Crippen LogP contribution in [0.15, 0.2) is 6.07 Å². The third-order valence-electron chi connectivity index (χ3n) is 3.70. The Morgan fingerprint density at radius 1 is 1.41 bits per heavy atom. The normalized spacial score (nSPS) is 18.4. The molecule has 0 aliphatic heterocycles. The average molecular weight is 239 g/mol. The fourth-order valence-electron chi connectivity index (χ4n) is 2.70. The lowest BCUT2D eigenvalue weighted by Gasteiger charge is -2.27. The fraction of sp³-hybridized carbons (Fsp3) is 0.538. The van der Waals surface area contributed by atoms with Crippen LogP contribution in [0.1, 0.15) is 36.8 Å². The van der Waals surface area contributed by atoms with Gasteiger partial charge in [0.05, 0.1) is 7.11 Å². The third kappa shape index (κ3) is 1.86. The van der Waals surface area contributed by atoms with E-state index in [4.69, 9.17) is 10.5 Å². The van der Waals surface area contributed by atoms with Crippen molar-refractivity contribution >= 4 is 0 Å². The Labute approximate surface area is 100 Å². The van der Waals surface area contributed by atoms with Gasteiger partial charge in [-0.15, -0.1) is 0 Å². The first-order valence-corrected chi connectivity index (χ1v) is 5.85. The van der Waals surface area contributed by atoms with Crippen LogP contribution in [0, 0.1) is 12.7 Å². The number of halogens is 1. The van der Waals surface area contributed by atoms with Crippen molar-refractivity contribution in [2.45, 2.75) is 38.1 Å². The topological polar surface area (TPSA) is 55.5 Å². The van der Waals surface area contributed by atoms with Crippen LogP contribution in [0.2, 0.25) is 0 Å². The van der Waals surface area contributed by atoms with E-state index < -0.39 is 11.4 Å². The molecule has 1 saturated carbocycles. The van der Waals surface area contributed by atoms with Crippen molar-refractivity contribution in [1.82, 2.24) is 0 Å². The van der Waals surface area contributed by atoms with Crippen molar-refractivity contribution in [3.8, 4) is 11.5 Å². The van der Waals surface area contributed by atoms with Crippen LogP contribution < -0.4 is 10.5 Å². The molecular formula is C13H18FNO2. The predicted molar refractivity (Wildman–Crippen MR) is 63.7 cm³/mol. The number of ether oxygens (including phenoxy) is 1. The monoisotopic (exact) mass is 239 g/mol. The lowest BCUT2D eigenvalue weighted by atomic mass is 9.85. The van der Waals surface area contributed by atoms with Gasteiger partial charge in [0, 0.05) is 5.54 Å². The second-order valence-electron chi connectivity index (χ2n) is 4.78. The number of hydrogen-bond acceptors (Lipinski definition) is 3. The van der Waals surface area contributed by atoms with E-state index in [9.17, 15) is 9.50 Å². The molecule has 4 heteroatoms. The summed E-state index contributed by atoms with van der Waals surface area (Å²) in [5.41, 5.74) is 7.10. The van der Waals surface area contributed by atoms with Crippen molar-refractivity contribution in [2.24, 2.45) is 5.73 Å². The molecular weight excluding hydrogens is 221 g/mol. The summed E-state index contributed by atoms with van der Waals surface area (Å²) < 4.78 is 18.6. The largest absolute Gasteiger partial charge is 0.504 e. The molecule has 0 saturated heterocycles. The molecule has 1 aromatic carbocycles. The van der Waals surface area contributed by atoms with Gasteiger partial charge in [0.1, 0.15) is 0 Å². The smallest absolute Gasteiger partial charge is 0.196 e. The Morgan fingerprint density at radius 3 is 2.53 bits per heavy atom.